The molecule has 9 nitrogen and oxygen atoms in total. The van der Waals surface area contributed by atoms with Crippen LogP contribution < -0.4 is 20.3 Å². The fourth-order valence-electron chi connectivity index (χ4n) is 3.07. The maximum atomic E-state index is 12.4. The summed E-state index contributed by atoms with van der Waals surface area (Å²) >= 11 is 0. The van der Waals surface area contributed by atoms with Gasteiger partial charge in [-0.15, -0.1) is 0 Å². The number of ether oxygens (including phenoxy) is 2. The first kappa shape index (κ1) is 20.4. The summed E-state index contributed by atoms with van der Waals surface area (Å²) < 4.78 is 10.9. The molecule has 0 saturated carbocycles. The summed E-state index contributed by atoms with van der Waals surface area (Å²) in [5.41, 5.74) is -0.147. The highest BCUT2D eigenvalue weighted by molar-refractivity contribution is 5.92. The van der Waals surface area contributed by atoms with E-state index in [1.54, 1.807) is 29.2 Å². The first-order valence-corrected chi connectivity index (χ1v) is 9.55. The van der Waals surface area contributed by atoms with Crippen LogP contribution in [0.3, 0.4) is 0 Å². The summed E-state index contributed by atoms with van der Waals surface area (Å²) in [6, 6.07) is 9.77. The Bertz CT molecular complexity index is 868. The molecule has 3 rings (SSSR count). The summed E-state index contributed by atoms with van der Waals surface area (Å²) in [7, 11) is 0. The Morgan fingerprint density at radius 1 is 1.10 bits per heavy atom. The zero-order chi connectivity index (χ0) is 20.6. The predicted molar refractivity (Wildman–Crippen MR) is 105 cm³/mol. The number of nitrogens with zero attached hydrogens (tertiary/aromatic N) is 2. The number of carbonyl (C=O) groups is 2. The molecule has 0 aliphatic carbocycles. The minimum atomic E-state index is -0.351. The van der Waals surface area contributed by atoms with Gasteiger partial charge in [-0.25, -0.2) is 5.10 Å². The number of nitrogens with one attached hydrogen (secondary N) is 2. The monoisotopic (exact) mass is 400 g/mol. The van der Waals surface area contributed by atoms with Crippen molar-refractivity contribution in [1.29, 1.82) is 0 Å². The lowest BCUT2D eigenvalue weighted by Crippen LogP contribution is -2.47. The van der Waals surface area contributed by atoms with E-state index in [2.05, 4.69) is 15.5 Å². The smallest absolute Gasteiger partial charge is 0.274 e. The fourth-order valence-corrected chi connectivity index (χ4v) is 3.07. The van der Waals surface area contributed by atoms with Gasteiger partial charge in [0.1, 0.15) is 17.2 Å². The van der Waals surface area contributed by atoms with Crippen molar-refractivity contribution in [2.24, 2.45) is 0 Å². The molecule has 1 aliphatic rings. The normalized spacial score (nSPS) is 14.3. The number of aromatic amines is 1. The standard InChI is InChI=1S/C20H24N4O5/c1-2-28-15-3-5-16(6-4-15)29-13-19(26)21-14-9-11-24(12-10-14)20(27)17-7-8-18(25)23-22-17/h3-8,14H,2,9-13H2,1H3,(H,21,26)(H,23,25). The van der Waals surface area contributed by atoms with E-state index in [0.29, 0.717) is 38.3 Å². The van der Waals surface area contributed by atoms with Gasteiger partial charge in [-0.05, 0) is 50.1 Å². The molecule has 2 heterocycles. The Hall–Kier alpha value is -3.36. The van der Waals surface area contributed by atoms with E-state index in [4.69, 9.17) is 9.47 Å². The molecule has 1 aromatic carbocycles. The van der Waals surface area contributed by atoms with Crippen LogP contribution in [0.2, 0.25) is 0 Å². The van der Waals surface area contributed by atoms with Crippen molar-refractivity contribution in [3.8, 4) is 11.5 Å². The quantitative estimate of drug-likeness (QED) is 0.716. The lowest BCUT2D eigenvalue weighted by atomic mass is 10.0. The zero-order valence-corrected chi connectivity index (χ0v) is 16.2. The van der Waals surface area contributed by atoms with Gasteiger partial charge in [0.2, 0.25) is 0 Å². The van der Waals surface area contributed by atoms with Crippen LogP contribution >= 0.6 is 0 Å². The van der Waals surface area contributed by atoms with Gasteiger partial charge < -0.3 is 19.7 Å². The number of amides is 2. The van der Waals surface area contributed by atoms with Crippen molar-refractivity contribution in [2.45, 2.75) is 25.8 Å². The minimum Gasteiger partial charge on any atom is -0.494 e. The SMILES string of the molecule is CCOc1ccc(OCC(=O)NC2CCN(C(=O)c3ccc(=O)[nH]n3)CC2)cc1. The first-order chi connectivity index (χ1) is 14.0. The van der Waals surface area contributed by atoms with Gasteiger partial charge in [-0.1, -0.05) is 0 Å². The Balaban J connectivity index is 1.40. The third kappa shape index (κ3) is 5.81. The highest BCUT2D eigenvalue weighted by atomic mass is 16.5. The van der Waals surface area contributed by atoms with Crippen LogP contribution in [-0.4, -0.2) is 59.3 Å². The van der Waals surface area contributed by atoms with Gasteiger partial charge in [0, 0.05) is 25.2 Å². The number of rotatable bonds is 7. The van der Waals surface area contributed by atoms with Crippen LogP contribution in [0.25, 0.3) is 0 Å². The van der Waals surface area contributed by atoms with Gasteiger partial charge in [-0.2, -0.15) is 5.10 Å². The molecule has 0 unspecified atom stereocenters. The van der Waals surface area contributed by atoms with Crippen LogP contribution in [-0.2, 0) is 4.79 Å². The third-order valence-corrected chi connectivity index (χ3v) is 4.55. The van der Waals surface area contributed by atoms with Gasteiger partial charge in [0.25, 0.3) is 17.4 Å². The molecule has 9 heteroatoms. The maximum absolute atomic E-state index is 12.4. The van der Waals surface area contributed by atoms with E-state index in [0.717, 1.165) is 5.75 Å². The Kier molecular flexibility index (Phi) is 6.83. The van der Waals surface area contributed by atoms with E-state index in [1.165, 1.54) is 12.1 Å². The second kappa shape index (κ2) is 9.72. The summed E-state index contributed by atoms with van der Waals surface area (Å²) in [6.07, 6.45) is 1.29. The number of carbonyl (C=O) groups excluding carboxylic acids is 2. The molecule has 0 spiro atoms. The fraction of sp³-hybridized carbons (Fsp3) is 0.400. The molecule has 1 fully saturated rings. The zero-order valence-electron chi connectivity index (χ0n) is 16.2. The molecule has 2 aromatic rings. The molecular formula is C20H24N4O5. The van der Waals surface area contributed by atoms with Crippen LogP contribution in [0.5, 0.6) is 11.5 Å². The van der Waals surface area contributed by atoms with Crippen molar-refractivity contribution in [2.75, 3.05) is 26.3 Å². The van der Waals surface area contributed by atoms with Crippen molar-refractivity contribution in [1.82, 2.24) is 20.4 Å². The Morgan fingerprint density at radius 2 is 1.76 bits per heavy atom. The second-order valence-electron chi connectivity index (χ2n) is 6.63. The van der Waals surface area contributed by atoms with Gasteiger partial charge in [0.15, 0.2) is 6.61 Å². The molecule has 0 radical (unpaired) electrons. The highest BCUT2D eigenvalue weighted by Crippen LogP contribution is 2.17. The summed E-state index contributed by atoms with van der Waals surface area (Å²) in [5.74, 6) is 0.913. The molecular weight excluding hydrogens is 376 g/mol. The van der Waals surface area contributed by atoms with Crippen molar-refractivity contribution in [3.05, 3.63) is 52.4 Å². The molecule has 29 heavy (non-hydrogen) atoms. The number of H-pyrrole nitrogens is 1. The third-order valence-electron chi connectivity index (χ3n) is 4.55. The lowest BCUT2D eigenvalue weighted by molar-refractivity contribution is -0.124. The van der Waals surface area contributed by atoms with Gasteiger partial charge in [-0.3, -0.25) is 14.4 Å². The van der Waals surface area contributed by atoms with Gasteiger partial charge >= 0.3 is 0 Å². The Labute approximate surface area is 168 Å². The Morgan fingerprint density at radius 3 is 2.34 bits per heavy atom. The molecule has 1 saturated heterocycles. The summed E-state index contributed by atoms with van der Waals surface area (Å²) in [4.78, 5) is 37.2. The highest BCUT2D eigenvalue weighted by Gasteiger charge is 2.25. The average Bonchev–Trinajstić information content (AvgIpc) is 2.74. The number of hydrogen-bond donors (Lipinski definition) is 2. The molecule has 0 bridgehead atoms. The van der Waals surface area contributed by atoms with E-state index in [9.17, 15) is 14.4 Å². The van der Waals surface area contributed by atoms with Crippen molar-refractivity contribution in [3.63, 3.8) is 0 Å². The van der Waals surface area contributed by atoms with E-state index in [1.807, 2.05) is 6.92 Å². The van der Waals surface area contributed by atoms with Crippen LogP contribution in [0.15, 0.2) is 41.2 Å². The largest absolute Gasteiger partial charge is 0.494 e. The number of aromatic nitrogens is 2. The van der Waals surface area contributed by atoms with Crippen molar-refractivity contribution < 1.29 is 19.1 Å². The van der Waals surface area contributed by atoms with E-state index < -0.39 is 0 Å². The van der Waals surface area contributed by atoms with E-state index >= 15 is 0 Å². The van der Waals surface area contributed by atoms with E-state index in [-0.39, 0.29) is 35.7 Å². The molecule has 2 N–H and O–H groups in total. The lowest BCUT2D eigenvalue weighted by Gasteiger charge is -2.32. The number of piperidine rings is 1. The minimum absolute atomic E-state index is 0.0148. The van der Waals surface area contributed by atoms with Gasteiger partial charge in [0.05, 0.1) is 6.61 Å². The van der Waals surface area contributed by atoms with Crippen LogP contribution in [0, 0.1) is 0 Å². The maximum Gasteiger partial charge on any atom is 0.274 e. The topological polar surface area (TPSA) is 114 Å². The molecule has 1 aliphatic heterocycles. The summed E-state index contributed by atoms with van der Waals surface area (Å²) in [5, 5.41) is 8.97. The molecule has 2 amide bonds. The molecule has 0 atom stereocenters. The number of likely N-dealkylation sites (tertiary alicyclic amines) is 1. The summed E-state index contributed by atoms with van der Waals surface area (Å²) in [6.45, 7) is 3.44. The van der Waals surface area contributed by atoms with Crippen LogP contribution in [0.4, 0.5) is 0 Å². The second-order valence-corrected chi connectivity index (χ2v) is 6.63. The predicted octanol–water partition coefficient (Wildman–Crippen LogP) is 0.968. The number of benzene rings is 1. The van der Waals surface area contributed by atoms with Crippen molar-refractivity contribution >= 4 is 11.8 Å². The number of hydrogen-bond acceptors (Lipinski definition) is 6. The molecule has 154 valence electrons. The van der Waals surface area contributed by atoms with Crippen LogP contribution in [0.1, 0.15) is 30.3 Å². The average molecular weight is 400 g/mol. The molecule has 1 aromatic heterocycles. The first-order valence-electron chi connectivity index (χ1n) is 9.55.